The van der Waals surface area contributed by atoms with E-state index >= 15 is 0 Å². The normalized spacial score (nSPS) is 21.7. The third-order valence-corrected chi connectivity index (χ3v) is 15.9. The Labute approximate surface area is 179 Å². The van der Waals surface area contributed by atoms with Gasteiger partial charge in [0, 0.05) is 19.3 Å². The van der Waals surface area contributed by atoms with Gasteiger partial charge in [0.1, 0.15) is 0 Å². The topological polar surface area (TPSA) is 67.7 Å². The minimum absolute atomic E-state index is 0.00796. The van der Waals surface area contributed by atoms with Crippen molar-refractivity contribution in [2.75, 3.05) is 18.0 Å². The molecule has 1 aliphatic heterocycles. The highest BCUT2D eigenvalue weighted by molar-refractivity contribution is 6.74. The van der Waals surface area contributed by atoms with Gasteiger partial charge in [0.25, 0.3) is 0 Å². The summed E-state index contributed by atoms with van der Waals surface area (Å²) in [5, 5.41) is 9.71. The number of rotatable bonds is 6. The molecular weight excluding hydrogens is 398 g/mol. The quantitative estimate of drug-likeness (QED) is 0.655. The van der Waals surface area contributed by atoms with E-state index in [9.17, 15) is 5.11 Å². The molecule has 2 rings (SSSR count). The number of nitrogens with zero attached hydrogens (tertiary/aromatic N) is 3. The van der Waals surface area contributed by atoms with Gasteiger partial charge in [-0.25, -0.2) is 9.97 Å². The monoisotopic (exact) mass is 439 g/mol. The van der Waals surface area contributed by atoms with Crippen LogP contribution in [0.4, 0.5) is 5.95 Å². The van der Waals surface area contributed by atoms with Crippen LogP contribution in [0.25, 0.3) is 0 Å². The Hall–Kier alpha value is -0.806. The van der Waals surface area contributed by atoms with Crippen LogP contribution in [0.5, 0.6) is 0 Å². The number of aromatic nitrogens is 2. The first-order valence-electron chi connectivity index (χ1n) is 10.6. The van der Waals surface area contributed by atoms with Crippen molar-refractivity contribution in [3.8, 4) is 0 Å². The molecule has 0 aromatic carbocycles. The molecule has 0 spiro atoms. The van der Waals surface area contributed by atoms with Crippen molar-refractivity contribution >= 4 is 22.6 Å². The summed E-state index contributed by atoms with van der Waals surface area (Å²) in [5.41, 5.74) is 0.630. The lowest BCUT2D eigenvalue weighted by Crippen LogP contribution is -2.51. The second kappa shape index (κ2) is 8.38. The molecule has 29 heavy (non-hydrogen) atoms. The third-order valence-electron chi connectivity index (χ3n) is 6.87. The molecule has 1 aromatic rings. The smallest absolute Gasteiger partial charge is 0.225 e. The van der Waals surface area contributed by atoms with E-state index in [0.717, 1.165) is 0 Å². The molecule has 6 nitrogen and oxygen atoms in total. The van der Waals surface area contributed by atoms with E-state index in [-0.39, 0.29) is 28.9 Å². The Morgan fingerprint density at radius 2 is 1.41 bits per heavy atom. The zero-order valence-electron chi connectivity index (χ0n) is 20.0. The predicted molar refractivity (Wildman–Crippen MR) is 124 cm³/mol. The Balaban J connectivity index is 2.31. The summed E-state index contributed by atoms with van der Waals surface area (Å²) in [6.45, 7) is 24.1. The van der Waals surface area contributed by atoms with Crippen molar-refractivity contribution in [3.05, 3.63) is 18.0 Å². The number of aliphatic hydroxyl groups is 1. The van der Waals surface area contributed by atoms with Gasteiger partial charge in [0.2, 0.25) is 5.95 Å². The summed E-state index contributed by atoms with van der Waals surface area (Å²) in [5.74, 6) is 0.640. The van der Waals surface area contributed by atoms with Crippen molar-refractivity contribution in [2.45, 2.75) is 96.6 Å². The molecule has 0 saturated carbocycles. The maximum atomic E-state index is 9.45. The third kappa shape index (κ3) is 5.67. The average Bonchev–Trinajstić information content (AvgIpc) is 2.94. The minimum atomic E-state index is -1.95. The van der Waals surface area contributed by atoms with Gasteiger partial charge in [-0.05, 0) is 42.3 Å². The van der Waals surface area contributed by atoms with Crippen LogP contribution >= 0.6 is 0 Å². The van der Waals surface area contributed by atoms with E-state index in [1.807, 2.05) is 0 Å². The second-order valence-electron chi connectivity index (χ2n) is 11.2. The number of hydrogen-bond donors (Lipinski definition) is 1. The molecule has 1 aliphatic rings. The molecule has 0 bridgehead atoms. The fourth-order valence-electron chi connectivity index (χ4n) is 2.87. The van der Waals surface area contributed by atoms with Gasteiger partial charge in [-0.1, -0.05) is 41.5 Å². The standard InChI is InChI=1S/C21H41N3O3Si2/c1-20(2,3)28(7,8)26-17-13-24(19-22-12-11-16(15-25)23-19)14-18(17)27-29(9,10)21(4,5)6/h11-12,17-18,25H,13-15H2,1-10H3/t17-,18-/m0/s1. The largest absolute Gasteiger partial charge is 0.409 e. The van der Waals surface area contributed by atoms with Crippen molar-refractivity contribution in [3.63, 3.8) is 0 Å². The Kier molecular flexibility index (Phi) is 7.07. The van der Waals surface area contributed by atoms with Crippen molar-refractivity contribution in [1.29, 1.82) is 0 Å². The molecular formula is C21H41N3O3Si2. The number of anilines is 1. The van der Waals surface area contributed by atoms with Crippen LogP contribution in [0, 0.1) is 0 Å². The van der Waals surface area contributed by atoms with Crippen LogP contribution in [-0.4, -0.2) is 57.0 Å². The molecule has 166 valence electrons. The Bertz CT molecular complexity index is 663. The molecule has 1 fully saturated rings. The van der Waals surface area contributed by atoms with Crippen LogP contribution < -0.4 is 4.90 Å². The maximum absolute atomic E-state index is 9.45. The Morgan fingerprint density at radius 1 is 0.966 bits per heavy atom. The van der Waals surface area contributed by atoms with Crippen LogP contribution in [0.2, 0.25) is 36.3 Å². The van der Waals surface area contributed by atoms with E-state index in [2.05, 4.69) is 82.6 Å². The summed E-state index contributed by atoms with van der Waals surface area (Å²) >= 11 is 0. The minimum Gasteiger partial charge on any atom is -0.409 e. The first kappa shape index (κ1) is 24.5. The van der Waals surface area contributed by atoms with E-state index in [0.29, 0.717) is 24.7 Å². The fraction of sp³-hybridized carbons (Fsp3) is 0.810. The van der Waals surface area contributed by atoms with Gasteiger partial charge in [-0.3, -0.25) is 0 Å². The van der Waals surface area contributed by atoms with Crippen molar-refractivity contribution < 1.29 is 14.0 Å². The summed E-state index contributed by atoms with van der Waals surface area (Å²) in [6.07, 6.45) is 1.69. The SMILES string of the molecule is CC(C)(C)[Si](C)(C)O[C@H]1CN(c2nccc(CO)n2)C[C@@H]1O[Si](C)(C)C(C)(C)C. The molecule has 2 heterocycles. The lowest BCUT2D eigenvalue weighted by Gasteiger charge is -2.42. The Morgan fingerprint density at radius 3 is 1.79 bits per heavy atom. The number of hydrogen-bond acceptors (Lipinski definition) is 6. The average molecular weight is 440 g/mol. The second-order valence-corrected chi connectivity index (χ2v) is 20.8. The highest BCUT2D eigenvalue weighted by Gasteiger charge is 2.48. The van der Waals surface area contributed by atoms with Gasteiger partial charge in [0.05, 0.1) is 24.5 Å². The van der Waals surface area contributed by atoms with Crippen molar-refractivity contribution in [1.82, 2.24) is 9.97 Å². The molecule has 0 radical (unpaired) electrons. The van der Waals surface area contributed by atoms with E-state index in [4.69, 9.17) is 8.85 Å². The van der Waals surface area contributed by atoms with E-state index in [1.165, 1.54) is 0 Å². The van der Waals surface area contributed by atoms with Crippen LogP contribution in [0.15, 0.2) is 12.3 Å². The van der Waals surface area contributed by atoms with Gasteiger partial charge < -0.3 is 18.9 Å². The zero-order chi connectivity index (χ0) is 22.3. The molecule has 1 N–H and O–H groups in total. The van der Waals surface area contributed by atoms with Crippen LogP contribution in [0.3, 0.4) is 0 Å². The van der Waals surface area contributed by atoms with Crippen molar-refractivity contribution in [2.24, 2.45) is 0 Å². The molecule has 0 amide bonds. The molecule has 1 aromatic heterocycles. The van der Waals surface area contributed by atoms with Gasteiger partial charge in [-0.15, -0.1) is 0 Å². The maximum Gasteiger partial charge on any atom is 0.225 e. The molecule has 0 unspecified atom stereocenters. The van der Waals surface area contributed by atoms with E-state index in [1.54, 1.807) is 12.3 Å². The first-order chi connectivity index (χ1) is 13.1. The predicted octanol–water partition coefficient (Wildman–Crippen LogP) is 4.57. The highest BCUT2D eigenvalue weighted by atomic mass is 28.4. The summed E-state index contributed by atoms with van der Waals surface area (Å²) in [7, 11) is -3.91. The first-order valence-corrected chi connectivity index (χ1v) is 16.4. The summed E-state index contributed by atoms with van der Waals surface area (Å²) in [4.78, 5) is 11.1. The van der Waals surface area contributed by atoms with E-state index < -0.39 is 16.6 Å². The highest BCUT2D eigenvalue weighted by Crippen LogP contribution is 2.41. The lowest BCUT2D eigenvalue weighted by atomic mass is 10.2. The molecule has 1 saturated heterocycles. The molecule has 0 aliphatic carbocycles. The van der Waals surface area contributed by atoms with Gasteiger partial charge >= 0.3 is 0 Å². The zero-order valence-corrected chi connectivity index (χ0v) is 22.0. The van der Waals surface area contributed by atoms with Crippen LogP contribution in [-0.2, 0) is 15.5 Å². The molecule has 2 atom stereocenters. The fourth-order valence-corrected chi connectivity index (χ4v) is 5.54. The molecule has 8 heteroatoms. The summed E-state index contributed by atoms with van der Waals surface area (Å²) in [6, 6.07) is 1.74. The van der Waals surface area contributed by atoms with Gasteiger partial charge in [0.15, 0.2) is 16.6 Å². The van der Waals surface area contributed by atoms with Crippen LogP contribution in [0.1, 0.15) is 47.2 Å². The summed E-state index contributed by atoms with van der Waals surface area (Å²) < 4.78 is 13.7. The lowest BCUT2D eigenvalue weighted by molar-refractivity contribution is 0.0713. The number of aliphatic hydroxyl groups excluding tert-OH is 1. The van der Waals surface area contributed by atoms with Gasteiger partial charge in [-0.2, -0.15) is 0 Å².